The van der Waals surface area contributed by atoms with Gasteiger partial charge in [-0.3, -0.25) is 0 Å². The lowest BCUT2D eigenvalue weighted by atomic mass is 9.96. The number of carbonyl (C=O) groups excluding carboxylic acids is 2. The zero-order valence-electron chi connectivity index (χ0n) is 24.7. The molecule has 0 bridgehead atoms. The lowest BCUT2D eigenvalue weighted by Crippen LogP contribution is -2.41. The number of rotatable bonds is 11. The van der Waals surface area contributed by atoms with Crippen LogP contribution in [0.4, 0.5) is 0 Å². The molecule has 1 aliphatic rings. The second-order valence-corrected chi connectivity index (χ2v) is 18.2. The van der Waals surface area contributed by atoms with E-state index in [0.717, 1.165) is 11.1 Å². The first-order valence-electron chi connectivity index (χ1n) is 13.4. The molecule has 1 saturated heterocycles. The summed E-state index contributed by atoms with van der Waals surface area (Å²) in [6, 6.07) is 14.5. The SMILES string of the molecule is COC(=O)C(C(=O)OC)=C(CCCO[Si](C)(C)C(C)(C)C)[C@@H]1[C@H](c2ccccc2)N1S(=O)(=O)c1ccc(C)cc1. The maximum atomic E-state index is 13.9. The Balaban J connectivity index is 2.09. The average Bonchev–Trinajstić information content (AvgIpc) is 3.66. The molecule has 0 saturated carbocycles. The Bertz CT molecular complexity index is 1330. The highest BCUT2D eigenvalue weighted by atomic mass is 32.2. The fourth-order valence-electron chi connectivity index (χ4n) is 4.44. The van der Waals surface area contributed by atoms with Crippen LogP contribution < -0.4 is 0 Å². The molecule has 2 aromatic carbocycles. The van der Waals surface area contributed by atoms with Gasteiger partial charge in [0, 0.05) is 6.61 Å². The monoisotopic (exact) mass is 587 g/mol. The van der Waals surface area contributed by atoms with Gasteiger partial charge in [-0.1, -0.05) is 68.8 Å². The number of aryl methyl sites for hydroxylation is 1. The van der Waals surface area contributed by atoms with Crippen LogP contribution in [-0.2, 0) is 33.5 Å². The Hall–Kier alpha value is -2.79. The second kappa shape index (κ2) is 12.4. The number of methoxy groups -OCH3 is 2. The number of hydrogen-bond acceptors (Lipinski definition) is 7. The zero-order valence-corrected chi connectivity index (χ0v) is 26.5. The predicted octanol–water partition coefficient (Wildman–Crippen LogP) is 5.55. The first kappa shape index (κ1) is 31.7. The number of sulfonamides is 1. The summed E-state index contributed by atoms with van der Waals surface area (Å²) < 4.78 is 45.5. The normalized spacial score (nSPS) is 19.1. The lowest BCUT2D eigenvalue weighted by Gasteiger charge is -2.36. The third-order valence-corrected chi connectivity index (χ3v) is 14.2. The highest BCUT2D eigenvalue weighted by Crippen LogP contribution is 2.52. The van der Waals surface area contributed by atoms with Crippen LogP contribution in [0, 0.1) is 6.92 Å². The third kappa shape index (κ3) is 6.74. The van der Waals surface area contributed by atoms with E-state index in [4.69, 9.17) is 13.9 Å². The molecule has 1 aliphatic heterocycles. The van der Waals surface area contributed by atoms with Crippen LogP contribution >= 0.6 is 0 Å². The number of ether oxygens (including phenoxy) is 2. The maximum absolute atomic E-state index is 13.9. The van der Waals surface area contributed by atoms with E-state index >= 15 is 0 Å². The molecule has 1 heterocycles. The van der Waals surface area contributed by atoms with Gasteiger partial charge in [0.25, 0.3) is 0 Å². The molecule has 8 nitrogen and oxygen atoms in total. The van der Waals surface area contributed by atoms with E-state index in [-0.39, 0.29) is 21.9 Å². The van der Waals surface area contributed by atoms with Crippen molar-refractivity contribution >= 4 is 30.3 Å². The number of esters is 2. The molecule has 3 atom stereocenters. The van der Waals surface area contributed by atoms with Gasteiger partial charge in [-0.2, -0.15) is 4.31 Å². The fourth-order valence-corrected chi connectivity index (χ4v) is 7.28. The van der Waals surface area contributed by atoms with Crippen LogP contribution in [0.2, 0.25) is 18.1 Å². The lowest BCUT2D eigenvalue weighted by molar-refractivity contribution is -0.144. The van der Waals surface area contributed by atoms with Crippen molar-refractivity contribution in [1.82, 2.24) is 4.31 Å². The quantitative estimate of drug-likeness (QED) is 0.0646. The maximum Gasteiger partial charge on any atom is 0.345 e. The van der Waals surface area contributed by atoms with Gasteiger partial charge in [-0.05, 0) is 61.2 Å². The summed E-state index contributed by atoms with van der Waals surface area (Å²) in [5, 5.41) is 0.0165. The fraction of sp³-hybridized carbons (Fsp3) is 0.467. The molecule has 3 rings (SSSR count). The van der Waals surface area contributed by atoms with E-state index in [0.29, 0.717) is 18.6 Å². The van der Waals surface area contributed by atoms with Crippen LogP contribution in [0.1, 0.15) is 50.8 Å². The van der Waals surface area contributed by atoms with Crippen molar-refractivity contribution in [2.24, 2.45) is 0 Å². The van der Waals surface area contributed by atoms with E-state index in [1.165, 1.54) is 18.5 Å². The molecule has 0 N–H and O–H groups in total. The van der Waals surface area contributed by atoms with Crippen molar-refractivity contribution in [3.8, 4) is 0 Å². The minimum atomic E-state index is -3.98. The first-order chi connectivity index (χ1) is 18.7. The minimum Gasteiger partial charge on any atom is -0.465 e. The summed E-state index contributed by atoms with van der Waals surface area (Å²) >= 11 is 0. The molecule has 1 unspecified atom stereocenters. The Morgan fingerprint density at radius 1 is 0.925 bits per heavy atom. The summed E-state index contributed by atoms with van der Waals surface area (Å²) in [6.45, 7) is 13.1. The van der Waals surface area contributed by atoms with E-state index in [1.54, 1.807) is 24.3 Å². The number of carbonyl (C=O) groups is 2. The van der Waals surface area contributed by atoms with Crippen molar-refractivity contribution in [1.29, 1.82) is 0 Å². The Kier molecular flexibility index (Phi) is 9.82. The van der Waals surface area contributed by atoms with Gasteiger partial charge in [0.2, 0.25) is 10.0 Å². The summed E-state index contributed by atoms with van der Waals surface area (Å²) in [5.74, 6) is -1.72. The predicted molar refractivity (Wildman–Crippen MR) is 157 cm³/mol. The zero-order chi connectivity index (χ0) is 29.9. The van der Waals surface area contributed by atoms with Crippen LogP contribution in [0.25, 0.3) is 0 Å². The van der Waals surface area contributed by atoms with Gasteiger partial charge in [0.1, 0.15) is 5.57 Å². The van der Waals surface area contributed by atoms with Gasteiger partial charge in [-0.15, -0.1) is 0 Å². The molecule has 0 radical (unpaired) electrons. The van der Waals surface area contributed by atoms with Gasteiger partial charge < -0.3 is 13.9 Å². The minimum absolute atomic E-state index is 0.0165. The van der Waals surface area contributed by atoms with E-state index in [9.17, 15) is 18.0 Å². The summed E-state index contributed by atoms with van der Waals surface area (Å²) in [5.41, 5.74) is 1.78. The third-order valence-electron chi connectivity index (χ3n) is 7.81. The number of nitrogens with zero attached hydrogens (tertiary/aromatic N) is 1. The van der Waals surface area contributed by atoms with Crippen LogP contribution in [0.3, 0.4) is 0 Å². The Labute approximate surface area is 239 Å². The summed E-state index contributed by atoms with van der Waals surface area (Å²) in [6.07, 6.45) is 0.734. The molecule has 2 aromatic rings. The van der Waals surface area contributed by atoms with Crippen molar-refractivity contribution in [3.63, 3.8) is 0 Å². The van der Waals surface area contributed by atoms with E-state index < -0.39 is 42.4 Å². The molecular formula is C30H41NO7SSi. The Morgan fingerprint density at radius 2 is 1.48 bits per heavy atom. The van der Waals surface area contributed by atoms with Gasteiger partial charge >= 0.3 is 11.9 Å². The van der Waals surface area contributed by atoms with E-state index in [1.807, 2.05) is 37.3 Å². The number of hydrogen-bond donors (Lipinski definition) is 0. The summed E-state index contributed by atoms with van der Waals surface area (Å²) in [7, 11) is -3.64. The molecule has 40 heavy (non-hydrogen) atoms. The van der Waals surface area contributed by atoms with Gasteiger partial charge in [-0.25, -0.2) is 18.0 Å². The summed E-state index contributed by atoms with van der Waals surface area (Å²) in [4.78, 5) is 26.0. The largest absolute Gasteiger partial charge is 0.465 e. The Morgan fingerprint density at radius 3 is 1.98 bits per heavy atom. The van der Waals surface area contributed by atoms with Crippen LogP contribution in [0.15, 0.2) is 70.6 Å². The van der Waals surface area contributed by atoms with Gasteiger partial charge in [0.05, 0.1) is 31.2 Å². The smallest absolute Gasteiger partial charge is 0.345 e. The highest BCUT2D eigenvalue weighted by Gasteiger charge is 2.59. The molecule has 0 spiro atoms. The molecule has 0 aromatic heterocycles. The van der Waals surface area contributed by atoms with Crippen LogP contribution in [0.5, 0.6) is 0 Å². The van der Waals surface area contributed by atoms with Crippen molar-refractivity contribution in [2.45, 2.75) is 75.6 Å². The first-order valence-corrected chi connectivity index (χ1v) is 17.7. The van der Waals surface area contributed by atoms with E-state index in [2.05, 4.69) is 33.9 Å². The van der Waals surface area contributed by atoms with Crippen molar-refractivity contribution in [3.05, 3.63) is 76.9 Å². The topological polar surface area (TPSA) is 99.0 Å². The van der Waals surface area contributed by atoms with Crippen molar-refractivity contribution in [2.75, 3.05) is 20.8 Å². The van der Waals surface area contributed by atoms with Crippen molar-refractivity contribution < 1.29 is 31.9 Å². The number of benzene rings is 2. The molecule has 10 heteroatoms. The molecular weight excluding hydrogens is 546 g/mol. The average molecular weight is 588 g/mol. The van der Waals surface area contributed by atoms with Gasteiger partial charge in [0.15, 0.2) is 8.32 Å². The molecule has 0 aliphatic carbocycles. The highest BCUT2D eigenvalue weighted by molar-refractivity contribution is 7.89. The standard InChI is InChI=1S/C30H41NO7SSi/c1-21-16-18-23(19-17-21)39(34,35)31-26(22-13-10-9-11-14-22)27(31)24(25(28(32)36-5)29(33)37-6)15-12-20-38-40(7,8)30(2,3)4/h9-11,13-14,16-19,26-27H,12,15,20H2,1-8H3/t26-,27+,31?/m0/s1. The molecule has 0 amide bonds. The molecule has 218 valence electrons. The molecule has 1 fully saturated rings. The van der Waals surface area contributed by atoms with Crippen LogP contribution in [-0.4, -0.2) is 59.8 Å². The second-order valence-electron chi connectivity index (χ2n) is 11.5.